The molecule has 0 aliphatic rings. The smallest absolute Gasteiger partial charge is 0.133 e. The molecule has 0 aliphatic heterocycles. The van der Waals surface area contributed by atoms with Gasteiger partial charge in [0.25, 0.3) is 0 Å². The second kappa shape index (κ2) is 30.8. The normalized spacial score (nSPS) is 10.2. The van der Waals surface area contributed by atoms with Crippen molar-refractivity contribution in [3.05, 3.63) is 12.2 Å². The number of unbranched alkanes of at least 4 members (excludes halogenated alkanes) is 7. The fraction of sp³-hybridized carbons (Fsp3) is 0.846. The minimum atomic E-state index is 0.240. The molecule has 0 bridgehead atoms. The standard InChI is InChI=1S/C15H28O.C7H14O.2C2H6/c1-4-5-6-7-8-9-10-11-12-14(2)13-15(3)16;1-4-5-6(2)7(3)8;2*1-2/h2,4-13H2,1,3H3;6H,4-5H2,1-3H3;2*1-2H3. The minimum Gasteiger partial charge on any atom is -0.300 e. The molecule has 0 saturated carbocycles. The molecule has 1 atom stereocenters. The monoisotopic (exact) mass is 398 g/mol. The molecule has 2 nitrogen and oxygen atoms in total. The van der Waals surface area contributed by atoms with Crippen LogP contribution in [0.4, 0.5) is 0 Å². The number of Topliss-reactive ketones (excluding diaryl/α,β-unsaturated/α-hetero) is 2. The Morgan fingerprint density at radius 3 is 1.50 bits per heavy atom. The van der Waals surface area contributed by atoms with Gasteiger partial charge in [-0.15, -0.1) is 0 Å². The second-order valence-electron chi connectivity index (χ2n) is 7.15. The highest BCUT2D eigenvalue weighted by atomic mass is 16.1. The van der Waals surface area contributed by atoms with E-state index in [1.54, 1.807) is 13.8 Å². The first-order chi connectivity index (χ1) is 13.3. The predicted octanol–water partition coefficient (Wildman–Crippen LogP) is 9.12. The summed E-state index contributed by atoms with van der Waals surface area (Å²) in [4.78, 5) is 21.4. The molecule has 0 heterocycles. The Bertz CT molecular complexity index is 331. The molecule has 0 radical (unpaired) electrons. The molecule has 0 aromatic rings. The van der Waals surface area contributed by atoms with Crippen LogP contribution in [0.25, 0.3) is 0 Å². The summed E-state index contributed by atoms with van der Waals surface area (Å²) in [6, 6.07) is 0. The average molecular weight is 399 g/mol. The van der Waals surface area contributed by atoms with Crippen molar-refractivity contribution >= 4 is 11.6 Å². The van der Waals surface area contributed by atoms with Crippen molar-refractivity contribution in [1.82, 2.24) is 0 Å². The lowest BCUT2D eigenvalue weighted by molar-refractivity contribution is -0.120. The van der Waals surface area contributed by atoms with Gasteiger partial charge >= 0.3 is 0 Å². The number of carbonyl (C=O) groups excluding carboxylic acids is 2. The molecule has 0 aromatic heterocycles. The van der Waals surface area contributed by atoms with Gasteiger partial charge in [-0.05, 0) is 33.1 Å². The van der Waals surface area contributed by atoms with E-state index in [1.165, 1.54) is 51.4 Å². The van der Waals surface area contributed by atoms with Crippen LogP contribution in [0.1, 0.15) is 139 Å². The van der Waals surface area contributed by atoms with Gasteiger partial charge in [0.15, 0.2) is 0 Å². The van der Waals surface area contributed by atoms with Crippen molar-refractivity contribution < 1.29 is 9.59 Å². The summed E-state index contributed by atoms with van der Waals surface area (Å²) in [6.45, 7) is 21.5. The van der Waals surface area contributed by atoms with Crippen LogP contribution in [0.2, 0.25) is 0 Å². The van der Waals surface area contributed by atoms with Crippen molar-refractivity contribution in [2.75, 3.05) is 0 Å². The molecule has 0 spiro atoms. The summed E-state index contributed by atoms with van der Waals surface area (Å²) in [5.74, 6) is 0.830. The Morgan fingerprint density at radius 2 is 1.18 bits per heavy atom. The van der Waals surface area contributed by atoms with Crippen molar-refractivity contribution in [2.24, 2.45) is 5.92 Å². The zero-order valence-corrected chi connectivity index (χ0v) is 21.1. The molecule has 0 amide bonds. The molecular weight excluding hydrogens is 344 g/mol. The number of carbonyl (C=O) groups is 2. The van der Waals surface area contributed by atoms with E-state index in [4.69, 9.17) is 0 Å². The highest BCUT2D eigenvalue weighted by Crippen LogP contribution is 2.13. The van der Waals surface area contributed by atoms with E-state index in [0.717, 1.165) is 24.8 Å². The van der Waals surface area contributed by atoms with Gasteiger partial charge < -0.3 is 0 Å². The van der Waals surface area contributed by atoms with Gasteiger partial charge in [-0.3, -0.25) is 9.59 Å². The van der Waals surface area contributed by atoms with Gasteiger partial charge in [0, 0.05) is 12.3 Å². The third kappa shape index (κ3) is 36.1. The first-order valence-corrected chi connectivity index (χ1v) is 12.0. The van der Waals surface area contributed by atoms with Crippen molar-refractivity contribution in [3.63, 3.8) is 0 Å². The van der Waals surface area contributed by atoms with E-state index < -0.39 is 0 Å². The van der Waals surface area contributed by atoms with Crippen LogP contribution in [0.3, 0.4) is 0 Å². The van der Waals surface area contributed by atoms with E-state index in [0.29, 0.717) is 12.2 Å². The fourth-order valence-electron chi connectivity index (χ4n) is 2.59. The average Bonchev–Trinajstić information content (AvgIpc) is 2.67. The van der Waals surface area contributed by atoms with Crippen LogP contribution in [0.5, 0.6) is 0 Å². The minimum absolute atomic E-state index is 0.240. The van der Waals surface area contributed by atoms with Gasteiger partial charge in [-0.2, -0.15) is 0 Å². The molecule has 0 rings (SSSR count). The quantitative estimate of drug-likeness (QED) is 0.216. The first-order valence-electron chi connectivity index (χ1n) is 12.0. The lowest BCUT2D eigenvalue weighted by atomic mass is 10.0. The van der Waals surface area contributed by atoms with Crippen LogP contribution >= 0.6 is 0 Å². The van der Waals surface area contributed by atoms with Gasteiger partial charge in [0.2, 0.25) is 0 Å². The van der Waals surface area contributed by atoms with Gasteiger partial charge in [0.1, 0.15) is 11.6 Å². The lowest BCUT2D eigenvalue weighted by Gasteiger charge is -2.03. The van der Waals surface area contributed by atoms with E-state index in [1.807, 2.05) is 34.6 Å². The van der Waals surface area contributed by atoms with Crippen molar-refractivity contribution in [1.29, 1.82) is 0 Å². The summed E-state index contributed by atoms with van der Waals surface area (Å²) in [6.07, 6.45) is 14.5. The third-order valence-corrected chi connectivity index (χ3v) is 4.30. The van der Waals surface area contributed by atoms with E-state index in [2.05, 4.69) is 20.4 Å². The molecule has 170 valence electrons. The summed E-state index contributed by atoms with van der Waals surface area (Å²) in [5.41, 5.74) is 1.11. The van der Waals surface area contributed by atoms with Crippen LogP contribution in [-0.4, -0.2) is 11.6 Å². The van der Waals surface area contributed by atoms with Gasteiger partial charge in [-0.1, -0.05) is 112 Å². The molecule has 0 aromatic carbocycles. The maximum atomic E-state index is 10.8. The van der Waals surface area contributed by atoms with Crippen LogP contribution in [0.15, 0.2) is 12.2 Å². The van der Waals surface area contributed by atoms with E-state index >= 15 is 0 Å². The largest absolute Gasteiger partial charge is 0.300 e. The SMILES string of the molecule is C=C(CCCCCCCCCC)CC(C)=O.CC.CC.CCCC(C)C(C)=O. The van der Waals surface area contributed by atoms with Crippen LogP contribution in [0, 0.1) is 5.92 Å². The highest BCUT2D eigenvalue weighted by molar-refractivity contribution is 5.78. The topological polar surface area (TPSA) is 34.1 Å². The molecular formula is C26H54O2. The molecule has 0 saturated heterocycles. The molecule has 1 unspecified atom stereocenters. The van der Waals surface area contributed by atoms with Gasteiger partial charge in [-0.25, -0.2) is 0 Å². The zero-order valence-electron chi connectivity index (χ0n) is 21.1. The zero-order chi connectivity index (χ0) is 22.8. The second-order valence-corrected chi connectivity index (χ2v) is 7.15. The number of ketones is 2. The van der Waals surface area contributed by atoms with Crippen LogP contribution < -0.4 is 0 Å². The highest BCUT2D eigenvalue weighted by Gasteiger charge is 2.03. The number of allylic oxidation sites excluding steroid dienone is 1. The number of hydrogen-bond donors (Lipinski definition) is 0. The third-order valence-electron chi connectivity index (χ3n) is 4.30. The first kappa shape index (κ1) is 34.6. The molecule has 0 aliphatic carbocycles. The number of rotatable bonds is 14. The number of hydrogen-bond acceptors (Lipinski definition) is 2. The Kier molecular flexibility index (Phi) is 38.0. The Balaban J connectivity index is -0.000000201. The van der Waals surface area contributed by atoms with Crippen molar-refractivity contribution in [3.8, 4) is 0 Å². The Hall–Kier alpha value is -0.920. The Morgan fingerprint density at radius 1 is 0.750 bits per heavy atom. The molecule has 0 fully saturated rings. The predicted molar refractivity (Wildman–Crippen MR) is 129 cm³/mol. The van der Waals surface area contributed by atoms with E-state index in [-0.39, 0.29) is 11.7 Å². The van der Waals surface area contributed by atoms with Gasteiger partial charge in [0.05, 0.1) is 0 Å². The molecule has 28 heavy (non-hydrogen) atoms. The van der Waals surface area contributed by atoms with E-state index in [9.17, 15) is 9.59 Å². The van der Waals surface area contributed by atoms with Crippen molar-refractivity contribution in [2.45, 2.75) is 139 Å². The maximum absolute atomic E-state index is 10.8. The molecule has 2 heteroatoms. The maximum Gasteiger partial charge on any atom is 0.133 e. The fourth-order valence-corrected chi connectivity index (χ4v) is 2.59. The van der Waals surface area contributed by atoms with Crippen LogP contribution in [-0.2, 0) is 9.59 Å². The lowest BCUT2D eigenvalue weighted by Crippen LogP contribution is -2.04. The summed E-state index contributed by atoms with van der Waals surface area (Å²) in [5, 5.41) is 0. The summed E-state index contributed by atoms with van der Waals surface area (Å²) >= 11 is 0. The summed E-state index contributed by atoms with van der Waals surface area (Å²) < 4.78 is 0. The Labute approximate surface area is 179 Å². The summed E-state index contributed by atoms with van der Waals surface area (Å²) in [7, 11) is 0. The molecule has 0 N–H and O–H groups in total.